The zero-order chi connectivity index (χ0) is 39.0. The number of hydrogen-bond acceptors (Lipinski definition) is 7. The third kappa shape index (κ3) is 22.3. The summed E-state index contributed by atoms with van der Waals surface area (Å²) in [4.78, 5) is 44.7. The summed E-state index contributed by atoms with van der Waals surface area (Å²) in [5.41, 5.74) is -1.62. The molecule has 1 unspecified atom stereocenters. The maximum atomic E-state index is 13.8. The summed E-state index contributed by atoms with van der Waals surface area (Å²) >= 11 is 0. The number of ketones is 1. The number of carbonyl (C=O) groups excluding carboxylic acids is 4. The molecular weight excluding hydrogens is 722 g/mol. The van der Waals surface area contributed by atoms with Gasteiger partial charge in [-0.25, -0.2) is 22.4 Å². The standard InChI is InChI=1S/C15H16F2O3.C11H13FO2.C6H18NSi2.C5H7FO2.CH4.Li/c1-20-14(19)12(13(18)15(17)8-9-15)7-4-10-2-5-11(16)6-3-10;1-14-11(13)4-2-3-9-5-7-10(12)8-6-9;1-8(2,3)7-9(4,5)6;1-8-4(7)5(6)2-3-5;;/h2-3,5-6,12H,4,7-9H2,1H3;5-8H,2-4H2,1H3;1-6H3;2-3H2,1H3;1H4;/q;;-1;;;+1. The van der Waals surface area contributed by atoms with Gasteiger partial charge in [-0.05, 0) is 86.8 Å². The summed E-state index contributed by atoms with van der Waals surface area (Å²) in [6.45, 7) is 13.8. The first-order valence-electron chi connectivity index (χ1n) is 17.0. The predicted octanol–water partition coefficient (Wildman–Crippen LogP) is 6.27. The van der Waals surface area contributed by atoms with Crippen molar-refractivity contribution in [2.45, 2.75) is 116 Å². The maximum absolute atomic E-state index is 13.8. The third-order valence-corrected chi connectivity index (χ3v) is 12.8. The molecule has 2 saturated carbocycles. The fourth-order valence-electron chi connectivity index (χ4n) is 4.82. The van der Waals surface area contributed by atoms with E-state index >= 15 is 0 Å². The van der Waals surface area contributed by atoms with Gasteiger partial charge in [0.05, 0.1) is 21.3 Å². The molecule has 2 fully saturated rings. The topological polar surface area (TPSA) is 110 Å². The first-order chi connectivity index (χ1) is 23.6. The van der Waals surface area contributed by atoms with Crippen molar-refractivity contribution in [2.75, 3.05) is 21.3 Å². The van der Waals surface area contributed by atoms with Gasteiger partial charge in [0.2, 0.25) is 5.67 Å². The summed E-state index contributed by atoms with van der Waals surface area (Å²) in [7, 11) is 1.54. The third-order valence-electron chi connectivity index (χ3n) is 7.47. The fraction of sp³-hybridized carbons (Fsp3) is 0.579. The van der Waals surface area contributed by atoms with Crippen LogP contribution in [0.1, 0.15) is 63.5 Å². The van der Waals surface area contributed by atoms with Crippen LogP contribution >= 0.6 is 0 Å². The van der Waals surface area contributed by atoms with Crippen LogP contribution in [0.25, 0.3) is 4.65 Å². The number of carbonyl (C=O) groups is 4. The smallest absolute Gasteiger partial charge is 0.668 e. The van der Waals surface area contributed by atoms with E-state index in [1.54, 1.807) is 24.3 Å². The number of aryl methyl sites for hydroxylation is 2. The SMILES string of the molecule is C.COC(=O)C(CCc1ccc(F)cc1)C(=O)C1(F)CC1.COC(=O)C1(F)CC1.COC(=O)CCCc1ccc(F)cc1.C[Si](C)(C)[N-][Si](C)(C)C.[Li+]. The van der Waals surface area contributed by atoms with Crippen LogP contribution < -0.4 is 18.9 Å². The van der Waals surface area contributed by atoms with E-state index in [1.807, 2.05) is 0 Å². The minimum Gasteiger partial charge on any atom is -0.668 e. The number of nitrogens with zero attached hydrogens (tertiary/aromatic N) is 1. The summed E-state index contributed by atoms with van der Waals surface area (Å²) in [6, 6.07) is 12.1. The van der Waals surface area contributed by atoms with Gasteiger partial charge in [0.1, 0.15) is 17.6 Å². The molecule has 2 aromatic rings. The Kier molecular flexibility index (Phi) is 23.6. The van der Waals surface area contributed by atoms with Crippen molar-refractivity contribution in [1.29, 1.82) is 0 Å². The van der Waals surface area contributed by atoms with Gasteiger partial charge in [-0.1, -0.05) is 87.4 Å². The number of hydrogen-bond donors (Lipinski definition) is 0. The van der Waals surface area contributed by atoms with Gasteiger partial charge in [-0.15, -0.1) is 0 Å². The second kappa shape index (κ2) is 23.9. The van der Waals surface area contributed by atoms with E-state index in [2.05, 4.69) is 53.5 Å². The number of methoxy groups -OCH3 is 3. The minimum absolute atomic E-state index is 0. The molecule has 53 heavy (non-hydrogen) atoms. The van der Waals surface area contributed by atoms with Crippen molar-refractivity contribution in [2.24, 2.45) is 5.92 Å². The molecular formula is C38H58F4LiNO7Si2. The number of benzene rings is 2. The molecule has 0 aromatic heterocycles. The molecule has 0 heterocycles. The molecule has 0 bridgehead atoms. The zero-order valence-electron chi connectivity index (χ0n) is 32.4. The molecule has 0 saturated heterocycles. The molecule has 2 aliphatic rings. The molecule has 294 valence electrons. The van der Waals surface area contributed by atoms with Crippen LogP contribution in [0.4, 0.5) is 17.6 Å². The van der Waals surface area contributed by atoms with Crippen LogP contribution in [-0.4, -0.2) is 72.8 Å². The van der Waals surface area contributed by atoms with Crippen LogP contribution in [0.15, 0.2) is 48.5 Å². The van der Waals surface area contributed by atoms with Gasteiger partial charge in [0.25, 0.3) is 0 Å². The molecule has 2 aromatic carbocycles. The second-order valence-corrected chi connectivity index (χ2v) is 24.1. The van der Waals surface area contributed by atoms with E-state index in [9.17, 15) is 36.7 Å². The second-order valence-electron chi connectivity index (χ2n) is 14.5. The van der Waals surface area contributed by atoms with Crippen LogP contribution in [0, 0.1) is 17.6 Å². The Balaban J connectivity index is 0. The Labute approximate surface area is 327 Å². The van der Waals surface area contributed by atoms with Crippen molar-refractivity contribution >= 4 is 40.2 Å². The van der Waals surface area contributed by atoms with E-state index in [4.69, 9.17) is 4.65 Å². The molecule has 0 radical (unpaired) electrons. The number of ether oxygens (including phenoxy) is 3. The van der Waals surface area contributed by atoms with Gasteiger partial charge in [0.15, 0.2) is 11.5 Å². The number of esters is 3. The molecule has 15 heteroatoms. The van der Waals surface area contributed by atoms with Crippen LogP contribution in [0.3, 0.4) is 0 Å². The average Bonchev–Trinajstić information content (AvgIpc) is 3.99. The van der Waals surface area contributed by atoms with E-state index in [1.165, 1.54) is 45.6 Å². The number of Topliss-reactive ketones (excluding diaryl/α,β-unsaturated/α-hetero) is 1. The van der Waals surface area contributed by atoms with E-state index < -0.39 is 51.4 Å². The molecule has 0 aliphatic heterocycles. The Morgan fingerprint density at radius 2 is 1.11 bits per heavy atom. The number of alkyl halides is 2. The van der Waals surface area contributed by atoms with Gasteiger partial charge >= 0.3 is 36.8 Å². The maximum Gasteiger partial charge on any atom is 1.00 e. The molecule has 0 amide bonds. The number of rotatable bonds is 13. The van der Waals surface area contributed by atoms with E-state index in [0.717, 1.165) is 24.0 Å². The molecule has 0 N–H and O–H groups in total. The number of halogens is 4. The Bertz CT molecular complexity index is 1400. The van der Waals surface area contributed by atoms with Gasteiger partial charge in [0, 0.05) is 6.42 Å². The Morgan fingerprint density at radius 3 is 1.42 bits per heavy atom. The van der Waals surface area contributed by atoms with Crippen molar-refractivity contribution in [3.63, 3.8) is 0 Å². The van der Waals surface area contributed by atoms with Crippen molar-refractivity contribution in [3.05, 3.63) is 75.9 Å². The summed E-state index contributed by atoms with van der Waals surface area (Å²) < 4.78 is 69.6. The van der Waals surface area contributed by atoms with Crippen molar-refractivity contribution < 1.29 is 69.8 Å². The molecule has 2 aliphatic carbocycles. The van der Waals surface area contributed by atoms with Crippen LogP contribution in [-0.2, 0) is 46.2 Å². The summed E-state index contributed by atoms with van der Waals surface area (Å²) in [6.07, 6.45) is 3.50. The fourth-order valence-corrected chi connectivity index (χ4v) is 12.9. The van der Waals surface area contributed by atoms with Gasteiger partial charge in [-0.2, -0.15) is 0 Å². The summed E-state index contributed by atoms with van der Waals surface area (Å²) in [5, 5.41) is 0. The predicted molar refractivity (Wildman–Crippen MR) is 202 cm³/mol. The molecule has 8 nitrogen and oxygen atoms in total. The van der Waals surface area contributed by atoms with Crippen molar-refractivity contribution in [1.82, 2.24) is 0 Å². The Morgan fingerprint density at radius 1 is 0.698 bits per heavy atom. The molecule has 1 atom stereocenters. The molecule has 0 spiro atoms. The van der Waals surface area contributed by atoms with Crippen LogP contribution in [0.5, 0.6) is 0 Å². The van der Waals surface area contributed by atoms with E-state index in [0.29, 0.717) is 25.7 Å². The van der Waals surface area contributed by atoms with Gasteiger partial charge < -0.3 is 18.9 Å². The monoisotopic (exact) mass is 779 g/mol. The largest absolute Gasteiger partial charge is 1.00 e. The first-order valence-corrected chi connectivity index (χ1v) is 23.9. The summed E-state index contributed by atoms with van der Waals surface area (Å²) in [5.74, 6) is -3.99. The van der Waals surface area contributed by atoms with Crippen molar-refractivity contribution in [3.8, 4) is 0 Å². The molecule has 4 rings (SSSR count). The van der Waals surface area contributed by atoms with Crippen LogP contribution in [0.2, 0.25) is 39.3 Å². The average molecular weight is 780 g/mol. The normalized spacial score (nSPS) is 14.9. The van der Waals surface area contributed by atoms with Gasteiger partial charge in [-0.3, -0.25) is 14.4 Å². The van der Waals surface area contributed by atoms with E-state index in [-0.39, 0.29) is 63.2 Å². The quantitative estimate of drug-likeness (QED) is 0.0776. The minimum atomic E-state index is -1.85. The first kappa shape index (κ1) is 52.3. The Hall–Kier alpha value is -2.77. The zero-order valence-corrected chi connectivity index (χ0v) is 34.4.